The van der Waals surface area contributed by atoms with E-state index in [2.05, 4.69) is 20.8 Å². The number of carbonyl (C=O) groups excluding carboxylic acids is 1. The Morgan fingerprint density at radius 3 is 2.83 bits per heavy atom. The van der Waals surface area contributed by atoms with Gasteiger partial charge in [-0.2, -0.15) is 4.68 Å². The highest BCUT2D eigenvalue weighted by Crippen LogP contribution is 2.30. The molecule has 1 N–H and O–H groups in total. The van der Waals surface area contributed by atoms with Crippen molar-refractivity contribution >= 4 is 17.2 Å². The van der Waals surface area contributed by atoms with Gasteiger partial charge < -0.3 is 10.1 Å². The number of benzene rings is 1. The summed E-state index contributed by atoms with van der Waals surface area (Å²) in [5, 5.41) is 14.9. The van der Waals surface area contributed by atoms with Gasteiger partial charge in [-0.15, -0.1) is 16.4 Å². The van der Waals surface area contributed by atoms with Crippen LogP contribution in [0.4, 0.5) is 0 Å². The van der Waals surface area contributed by atoms with Gasteiger partial charge in [-0.05, 0) is 35.9 Å². The van der Waals surface area contributed by atoms with E-state index in [0.29, 0.717) is 17.1 Å². The van der Waals surface area contributed by atoms with E-state index in [-0.39, 0.29) is 5.91 Å². The normalized spacial score (nSPS) is 10.6. The minimum absolute atomic E-state index is 0.159. The van der Waals surface area contributed by atoms with Crippen molar-refractivity contribution in [3.8, 4) is 10.8 Å². The first-order chi connectivity index (χ1) is 11.6. The summed E-state index contributed by atoms with van der Waals surface area (Å²) in [6.07, 6.45) is 1.49. The zero-order chi connectivity index (χ0) is 17.1. The highest BCUT2D eigenvalue weighted by molar-refractivity contribution is 7.15. The van der Waals surface area contributed by atoms with Crippen LogP contribution in [0.15, 0.2) is 30.6 Å². The zero-order valence-corrected chi connectivity index (χ0v) is 14.4. The quantitative estimate of drug-likeness (QED) is 0.768. The highest BCUT2D eigenvalue weighted by Gasteiger charge is 2.21. The maximum atomic E-state index is 12.7. The number of para-hydroxylation sites is 1. The van der Waals surface area contributed by atoms with Crippen molar-refractivity contribution in [1.29, 1.82) is 0 Å². The maximum Gasteiger partial charge on any atom is 0.254 e. The van der Waals surface area contributed by atoms with Gasteiger partial charge in [0.1, 0.15) is 17.1 Å². The third-order valence-electron chi connectivity index (χ3n) is 3.78. The van der Waals surface area contributed by atoms with Crippen molar-refractivity contribution in [1.82, 2.24) is 25.5 Å². The summed E-state index contributed by atoms with van der Waals surface area (Å²) in [5.41, 5.74) is 2.45. The van der Waals surface area contributed by atoms with E-state index in [4.69, 9.17) is 4.74 Å². The van der Waals surface area contributed by atoms with Crippen molar-refractivity contribution in [3.05, 3.63) is 52.2 Å². The maximum absolute atomic E-state index is 12.7. The Morgan fingerprint density at radius 1 is 1.33 bits per heavy atom. The number of methoxy groups -OCH3 is 1. The number of rotatable bonds is 5. The van der Waals surface area contributed by atoms with Gasteiger partial charge in [0.15, 0.2) is 0 Å². The van der Waals surface area contributed by atoms with E-state index in [0.717, 1.165) is 21.8 Å². The number of tetrazole rings is 1. The second-order valence-electron chi connectivity index (χ2n) is 5.21. The van der Waals surface area contributed by atoms with Gasteiger partial charge >= 0.3 is 0 Å². The molecule has 124 valence electrons. The minimum atomic E-state index is -0.159. The molecular formula is C16H17N5O2S. The molecule has 7 nitrogen and oxygen atoms in total. The molecule has 24 heavy (non-hydrogen) atoms. The first kappa shape index (κ1) is 16.1. The number of aryl methyl sites for hydroxylation is 1. The fourth-order valence-corrected chi connectivity index (χ4v) is 3.48. The Labute approximate surface area is 143 Å². The predicted octanol–water partition coefficient (Wildman–Crippen LogP) is 2.28. The molecule has 0 atom stereocenters. The van der Waals surface area contributed by atoms with Crippen molar-refractivity contribution < 1.29 is 9.53 Å². The van der Waals surface area contributed by atoms with Gasteiger partial charge in [0, 0.05) is 17.0 Å². The van der Waals surface area contributed by atoms with Crippen LogP contribution in [-0.4, -0.2) is 33.2 Å². The first-order valence-corrected chi connectivity index (χ1v) is 8.17. The number of ether oxygens (including phenoxy) is 1. The van der Waals surface area contributed by atoms with E-state index in [1.54, 1.807) is 7.11 Å². The van der Waals surface area contributed by atoms with Crippen molar-refractivity contribution in [2.45, 2.75) is 20.4 Å². The molecule has 0 bridgehead atoms. The first-order valence-electron chi connectivity index (χ1n) is 7.35. The van der Waals surface area contributed by atoms with Gasteiger partial charge in [-0.1, -0.05) is 18.2 Å². The standard InChI is InChI=1S/C16H17N5O2S/c1-10-11(2)24-16(21-9-18-19-20-21)14(10)15(22)17-8-12-6-4-5-7-13(12)23-3/h4-7,9H,8H2,1-3H3,(H,17,22). The third kappa shape index (κ3) is 3.00. The lowest BCUT2D eigenvalue weighted by atomic mass is 10.1. The summed E-state index contributed by atoms with van der Waals surface area (Å²) in [5.74, 6) is 0.588. The van der Waals surface area contributed by atoms with Crippen LogP contribution in [0.2, 0.25) is 0 Å². The second kappa shape index (κ2) is 6.79. The zero-order valence-electron chi connectivity index (χ0n) is 13.6. The number of carbonyl (C=O) groups is 1. The molecule has 0 aliphatic rings. The van der Waals surface area contributed by atoms with Crippen LogP contribution in [0.25, 0.3) is 5.00 Å². The largest absolute Gasteiger partial charge is 0.496 e. The molecule has 1 aromatic carbocycles. The molecule has 0 saturated heterocycles. The topological polar surface area (TPSA) is 81.9 Å². The van der Waals surface area contributed by atoms with Gasteiger partial charge in [-0.25, -0.2) is 0 Å². The van der Waals surface area contributed by atoms with Crippen molar-refractivity contribution in [3.63, 3.8) is 0 Å². The molecule has 0 aliphatic carbocycles. The lowest BCUT2D eigenvalue weighted by molar-refractivity contribution is 0.0950. The number of nitrogens with one attached hydrogen (secondary N) is 1. The van der Waals surface area contributed by atoms with Crippen LogP contribution >= 0.6 is 11.3 Å². The smallest absolute Gasteiger partial charge is 0.254 e. The highest BCUT2D eigenvalue weighted by atomic mass is 32.1. The Bertz CT molecular complexity index is 857. The van der Waals surface area contributed by atoms with E-state index in [1.165, 1.54) is 22.3 Å². The second-order valence-corrected chi connectivity index (χ2v) is 6.42. The van der Waals surface area contributed by atoms with Crippen LogP contribution in [0, 0.1) is 13.8 Å². The van der Waals surface area contributed by atoms with Gasteiger partial charge in [0.2, 0.25) is 0 Å². The molecule has 0 aliphatic heterocycles. The van der Waals surface area contributed by atoms with Crippen LogP contribution < -0.4 is 10.1 Å². The number of hydrogen-bond donors (Lipinski definition) is 1. The molecule has 0 saturated carbocycles. The molecule has 0 fully saturated rings. The fraction of sp³-hybridized carbons (Fsp3) is 0.250. The van der Waals surface area contributed by atoms with E-state index >= 15 is 0 Å². The monoisotopic (exact) mass is 343 g/mol. The van der Waals surface area contributed by atoms with Crippen LogP contribution in [0.3, 0.4) is 0 Å². The number of aromatic nitrogens is 4. The Morgan fingerprint density at radius 2 is 2.12 bits per heavy atom. The van der Waals surface area contributed by atoms with Crippen LogP contribution in [-0.2, 0) is 6.54 Å². The summed E-state index contributed by atoms with van der Waals surface area (Å²) in [7, 11) is 1.61. The average Bonchev–Trinajstić information content (AvgIpc) is 3.22. The summed E-state index contributed by atoms with van der Waals surface area (Å²) in [4.78, 5) is 13.8. The molecule has 0 radical (unpaired) electrons. The third-order valence-corrected chi connectivity index (χ3v) is 4.98. The number of nitrogens with zero attached hydrogens (tertiary/aromatic N) is 4. The minimum Gasteiger partial charge on any atom is -0.496 e. The molecule has 0 spiro atoms. The molecule has 8 heteroatoms. The van der Waals surface area contributed by atoms with Crippen LogP contribution in [0.1, 0.15) is 26.4 Å². The number of hydrogen-bond acceptors (Lipinski definition) is 6. The average molecular weight is 343 g/mol. The van der Waals surface area contributed by atoms with Crippen LogP contribution in [0.5, 0.6) is 5.75 Å². The van der Waals surface area contributed by atoms with Gasteiger partial charge in [0.05, 0.1) is 12.7 Å². The van der Waals surface area contributed by atoms with Crippen molar-refractivity contribution in [2.24, 2.45) is 0 Å². The number of thiophene rings is 1. The molecule has 3 aromatic rings. The summed E-state index contributed by atoms with van der Waals surface area (Å²) in [6.45, 7) is 4.29. The molecule has 2 heterocycles. The molecule has 0 unspecified atom stereocenters. The SMILES string of the molecule is COc1ccccc1CNC(=O)c1c(-n2cnnn2)sc(C)c1C. The molecular weight excluding hydrogens is 326 g/mol. The van der Waals surface area contributed by atoms with E-state index in [1.807, 2.05) is 38.1 Å². The molecule has 1 amide bonds. The predicted molar refractivity (Wildman–Crippen MR) is 90.7 cm³/mol. The summed E-state index contributed by atoms with van der Waals surface area (Å²) >= 11 is 1.49. The summed E-state index contributed by atoms with van der Waals surface area (Å²) < 4.78 is 6.83. The Hall–Kier alpha value is -2.74. The van der Waals surface area contributed by atoms with Gasteiger partial charge in [0.25, 0.3) is 5.91 Å². The fourth-order valence-electron chi connectivity index (χ4n) is 2.40. The number of amides is 1. The Balaban J connectivity index is 1.86. The molecule has 2 aromatic heterocycles. The lowest BCUT2D eigenvalue weighted by Crippen LogP contribution is -2.24. The molecule has 3 rings (SSSR count). The van der Waals surface area contributed by atoms with Crippen molar-refractivity contribution in [2.75, 3.05) is 7.11 Å². The lowest BCUT2D eigenvalue weighted by Gasteiger charge is -2.10. The Kier molecular flexibility index (Phi) is 4.57. The van der Waals surface area contributed by atoms with Gasteiger partial charge in [-0.3, -0.25) is 4.79 Å². The van der Waals surface area contributed by atoms with E-state index < -0.39 is 0 Å². The summed E-state index contributed by atoms with van der Waals surface area (Å²) in [6, 6.07) is 7.60. The van der Waals surface area contributed by atoms with E-state index in [9.17, 15) is 4.79 Å².